The number of hydrogen-bond donors (Lipinski definition) is 0. The largest absolute Gasteiger partial charge is 0.461 e. The minimum atomic E-state index is -0.633. The summed E-state index contributed by atoms with van der Waals surface area (Å²) in [7, 11) is 6.19. The van der Waals surface area contributed by atoms with Crippen LogP contribution in [0.1, 0.15) is 27.9 Å². The van der Waals surface area contributed by atoms with Gasteiger partial charge < -0.3 is 8.83 Å². The molecule has 0 aromatic carbocycles. The van der Waals surface area contributed by atoms with Crippen LogP contribution in [0.2, 0.25) is 0 Å². The molecule has 0 bridgehead atoms. The first-order valence-electron chi connectivity index (χ1n) is 7.50. The summed E-state index contributed by atoms with van der Waals surface area (Å²) in [5.41, 5.74) is 1.13. The molecule has 122 valence electrons. The second-order valence-corrected chi connectivity index (χ2v) is 8.79. The second kappa shape index (κ2) is 6.28. The number of hydrogen-bond acceptors (Lipinski definition) is 3. The zero-order valence-electron chi connectivity index (χ0n) is 13.2. The van der Waals surface area contributed by atoms with Gasteiger partial charge >= 0.3 is 0 Å². The topological polar surface area (TPSA) is 26.3 Å². The number of halogens is 1. The van der Waals surface area contributed by atoms with Crippen molar-refractivity contribution in [2.75, 3.05) is 0 Å². The Morgan fingerprint density at radius 3 is 2.21 bits per heavy atom. The van der Waals surface area contributed by atoms with E-state index in [1.807, 2.05) is 38.1 Å². The summed E-state index contributed by atoms with van der Waals surface area (Å²) < 4.78 is 11.7. The van der Waals surface area contributed by atoms with Crippen LogP contribution in [0.5, 0.6) is 0 Å². The maximum Gasteiger partial charge on any atom is 0.141 e. The Balaban J connectivity index is 1.91. The molecule has 0 saturated carbocycles. The Hall–Kier alpha value is -1.75. The van der Waals surface area contributed by atoms with Gasteiger partial charge in [0.05, 0.1) is 9.77 Å². The first-order valence-corrected chi connectivity index (χ1v) is 10.4. The Bertz CT molecular complexity index is 984. The summed E-state index contributed by atoms with van der Waals surface area (Å²) >= 11 is 1.71. The van der Waals surface area contributed by atoms with Crippen molar-refractivity contribution in [1.29, 1.82) is 0 Å². The molecule has 0 spiro atoms. The molecule has 1 atom stereocenters. The highest BCUT2D eigenvalue weighted by Crippen LogP contribution is 2.46. The second-order valence-electron chi connectivity index (χ2n) is 5.53. The van der Waals surface area contributed by atoms with Gasteiger partial charge in [-0.15, -0.1) is 11.3 Å². The molecule has 1 unspecified atom stereocenters. The average Bonchev–Trinajstić information content (AvgIpc) is 3.29. The van der Waals surface area contributed by atoms with Gasteiger partial charge in [0.2, 0.25) is 0 Å². The van der Waals surface area contributed by atoms with Gasteiger partial charge in [-0.05, 0) is 87.7 Å². The molecule has 0 N–H and O–H groups in total. The summed E-state index contributed by atoms with van der Waals surface area (Å²) in [4.78, 5) is 3.17. The van der Waals surface area contributed by atoms with Crippen LogP contribution in [-0.2, 0) is 0 Å². The third-order valence-electron chi connectivity index (χ3n) is 3.73. The first-order chi connectivity index (χ1) is 11.6. The number of allylic oxidation sites excluding steroid dienone is 3. The highest BCUT2D eigenvalue weighted by atomic mass is 35.7. The fourth-order valence-electron chi connectivity index (χ4n) is 2.58. The predicted molar refractivity (Wildman–Crippen MR) is 105 cm³/mol. The molecule has 0 saturated heterocycles. The molecule has 5 heteroatoms. The van der Waals surface area contributed by atoms with Gasteiger partial charge in [0.15, 0.2) is 0 Å². The van der Waals surface area contributed by atoms with Crippen molar-refractivity contribution in [2.45, 2.75) is 13.8 Å². The van der Waals surface area contributed by atoms with Crippen molar-refractivity contribution in [1.82, 2.24) is 0 Å². The summed E-state index contributed by atoms with van der Waals surface area (Å²) in [6.07, 6.45) is 4.25. The highest BCUT2D eigenvalue weighted by Gasteiger charge is 2.21. The van der Waals surface area contributed by atoms with Gasteiger partial charge in [-0.1, -0.05) is 6.07 Å². The minimum absolute atomic E-state index is 0.633. The molecular formula is C19H15ClO2S2. The standard InChI is InChI=1S/C19H15ClO2S2/c1-12-5-7-15(21-12)18-10-14(17-4-3-9-23-17)11-19(24(18)20)16-8-6-13(2)22-16/h3-11H,1-2H3. The zero-order valence-corrected chi connectivity index (χ0v) is 15.6. The Morgan fingerprint density at radius 2 is 1.62 bits per heavy atom. The van der Waals surface area contributed by atoms with E-state index >= 15 is 0 Å². The van der Waals surface area contributed by atoms with E-state index in [1.54, 1.807) is 11.3 Å². The monoisotopic (exact) mass is 374 g/mol. The van der Waals surface area contributed by atoms with Crippen LogP contribution in [-0.4, -0.2) is 4.86 Å². The van der Waals surface area contributed by atoms with Crippen molar-refractivity contribution in [2.24, 2.45) is 0 Å². The minimum Gasteiger partial charge on any atom is -0.461 e. The van der Waals surface area contributed by atoms with Crippen LogP contribution < -0.4 is 0 Å². The summed E-state index contributed by atoms with van der Waals surface area (Å²) in [5.74, 6) is 3.38. The molecule has 4 heterocycles. The molecule has 2 nitrogen and oxygen atoms in total. The van der Waals surface area contributed by atoms with Crippen molar-refractivity contribution in [3.05, 3.63) is 81.8 Å². The maximum atomic E-state index is 6.82. The average molecular weight is 375 g/mol. The lowest BCUT2D eigenvalue weighted by Gasteiger charge is -2.15. The third kappa shape index (κ3) is 2.86. The molecule has 4 rings (SSSR count). The first kappa shape index (κ1) is 15.8. The summed E-state index contributed by atoms with van der Waals surface area (Å²) in [6.45, 7) is 3.88. The van der Waals surface area contributed by atoms with Crippen molar-refractivity contribution in [3.63, 3.8) is 0 Å². The summed E-state index contributed by atoms with van der Waals surface area (Å²) in [6, 6.07) is 12.0. The van der Waals surface area contributed by atoms with Gasteiger partial charge in [0.1, 0.15) is 23.0 Å². The van der Waals surface area contributed by atoms with E-state index in [9.17, 15) is 0 Å². The molecule has 0 amide bonds. The molecule has 1 aliphatic heterocycles. The predicted octanol–water partition coefficient (Wildman–Crippen LogP) is 6.63. The lowest BCUT2D eigenvalue weighted by Crippen LogP contribution is -2.00. The molecule has 1 aliphatic rings. The zero-order chi connectivity index (χ0) is 16.7. The van der Waals surface area contributed by atoms with Crippen LogP contribution >= 0.6 is 31.7 Å². The fraction of sp³-hybridized carbons (Fsp3) is 0.105. The van der Waals surface area contributed by atoms with E-state index in [0.717, 1.165) is 38.4 Å². The van der Waals surface area contributed by atoms with Gasteiger partial charge in [0, 0.05) is 4.88 Å². The highest BCUT2D eigenvalue weighted by molar-refractivity contribution is 8.42. The molecule has 3 aromatic rings. The van der Waals surface area contributed by atoms with Crippen molar-refractivity contribution >= 4 is 47.1 Å². The third-order valence-corrected chi connectivity index (χ3v) is 7.06. The maximum absolute atomic E-state index is 6.82. The molecule has 24 heavy (non-hydrogen) atoms. The molecule has 0 aliphatic carbocycles. The van der Waals surface area contributed by atoms with Crippen LogP contribution in [0.25, 0.3) is 10.5 Å². The van der Waals surface area contributed by atoms with Crippen molar-refractivity contribution < 1.29 is 8.83 Å². The molecular weight excluding hydrogens is 360 g/mol. The Kier molecular flexibility index (Phi) is 4.12. The van der Waals surface area contributed by atoms with E-state index in [4.69, 9.17) is 19.5 Å². The fourth-order valence-corrected chi connectivity index (χ4v) is 5.29. The van der Waals surface area contributed by atoms with Crippen LogP contribution in [0.15, 0.2) is 62.8 Å². The van der Waals surface area contributed by atoms with Gasteiger partial charge in [-0.2, -0.15) is 0 Å². The van der Waals surface area contributed by atoms with Crippen molar-refractivity contribution in [3.8, 4) is 0 Å². The van der Waals surface area contributed by atoms with Crippen LogP contribution in [0.4, 0.5) is 0 Å². The summed E-state index contributed by atoms with van der Waals surface area (Å²) in [5, 5.41) is 2.08. The smallest absolute Gasteiger partial charge is 0.141 e. The van der Waals surface area contributed by atoms with Gasteiger partial charge in [0.25, 0.3) is 0 Å². The number of aryl methyl sites for hydroxylation is 2. The van der Waals surface area contributed by atoms with E-state index in [-0.39, 0.29) is 0 Å². The number of furan rings is 2. The van der Waals surface area contributed by atoms with E-state index in [1.165, 1.54) is 4.88 Å². The van der Waals surface area contributed by atoms with Gasteiger partial charge in [-0.3, -0.25) is 0 Å². The van der Waals surface area contributed by atoms with Gasteiger partial charge in [-0.25, -0.2) is 0 Å². The van der Waals surface area contributed by atoms with Crippen LogP contribution in [0, 0.1) is 13.8 Å². The Labute approximate surface area is 151 Å². The van der Waals surface area contributed by atoms with Crippen LogP contribution in [0.3, 0.4) is 0 Å². The molecule has 0 fully saturated rings. The van der Waals surface area contributed by atoms with E-state index < -0.39 is 9.70 Å². The lowest BCUT2D eigenvalue weighted by molar-refractivity contribution is 0.524. The van der Waals surface area contributed by atoms with E-state index in [0.29, 0.717) is 0 Å². The lowest BCUT2D eigenvalue weighted by atomic mass is 10.1. The SMILES string of the molecule is Cc1ccc(C2=CC(c3cccs3)=CC(c3ccc(C)o3)=S2Cl)o1. The normalized spacial score (nSPS) is 17.8. The molecule has 0 radical (unpaired) electrons. The number of thiophene rings is 1. The molecule has 3 aromatic heterocycles. The Morgan fingerprint density at radius 1 is 0.917 bits per heavy atom. The van der Waals surface area contributed by atoms with E-state index in [2.05, 4.69) is 29.7 Å². The quantitative estimate of drug-likeness (QED) is 0.481. The number of rotatable bonds is 3.